The Morgan fingerprint density at radius 2 is 1.85 bits per heavy atom. The molecule has 0 radical (unpaired) electrons. The molecule has 0 aliphatic carbocycles. The van der Waals surface area contributed by atoms with Crippen molar-refractivity contribution in [1.82, 2.24) is 14.5 Å². The van der Waals surface area contributed by atoms with Crippen LogP contribution in [0.1, 0.15) is 31.2 Å². The zero-order valence-corrected chi connectivity index (χ0v) is 16.3. The Balaban J connectivity index is 1.75. The summed E-state index contributed by atoms with van der Waals surface area (Å²) in [5.41, 5.74) is 0.870. The highest BCUT2D eigenvalue weighted by Gasteiger charge is 2.32. The van der Waals surface area contributed by atoms with Crippen molar-refractivity contribution < 1.29 is 17.6 Å². The maximum absolute atomic E-state index is 13.0. The third-order valence-electron chi connectivity index (χ3n) is 4.37. The fraction of sp³-hybridized carbons (Fsp3) is 0.529. The molecule has 0 bridgehead atoms. The van der Waals surface area contributed by atoms with E-state index < -0.39 is 10.0 Å². The van der Waals surface area contributed by atoms with E-state index in [0.29, 0.717) is 43.8 Å². The van der Waals surface area contributed by atoms with Crippen molar-refractivity contribution in [3.05, 3.63) is 29.7 Å². The lowest BCUT2D eigenvalue weighted by molar-refractivity contribution is 0.361. The van der Waals surface area contributed by atoms with E-state index in [-0.39, 0.29) is 10.8 Å². The van der Waals surface area contributed by atoms with Crippen LogP contribution in [0.5, 0.6) is 5.75 Å². The summed E-state index contributed by atoms with van der Waals surface area (Å²) in [5, 5.41) is 8.10. The number of benzene rings is 1. The third-order valence-corrected chi connectivity index (χ3v) is 6.29. The third kappa shape index (κ3) is 3.54. The smallest absolute Gasteiger partial charge is 0.318 e. The Morgan fingerprint density at radius 1 is 1.15 bits per heavy atom. The molecule has 26 heavy (non-hydrogen) atoms. The molecule has 0 saturated carbocycles. The molecule has 142 valence electrons. The van der Waals surface area contributed by atoms with Gasteiger partial charge < -0.3 is 14.1 Å². The molecule has 0 atom stereocenters. The molecule has 1 aromatic heterocycles. The van der Waals surface area contributed by atoms with Gasteiger partial charge in [-0.15, -0.1) is 5.10 Å². The van der Waals surface area contributed by atoms with Gasteiger partial charge in [0.15, 0.2) is 0 Å². The van der Waals surface area contributed by atoms with Gasteiger partial charge in [0.2, 0.25) is 15.9 Å². The van der Waals surface area contributed by atoms with Crippen LogP contribution in [0, 0.1) is 6.92 Å². The molecular formula is C17H24N4O4S. The highest BCUT2D eigenvalue weighted by atomic mass is 32.2. The van der Waals surface area contributed by atoms with Gasteiger partial charge in [-0.3, -0.25) is 0 Å². The fourth-order valence-corrected chi connectivity index (χ4v) is 4.49. The van der Waals surface area contributed by atoms with E-state index in [2.05, 4.69) is 10.2 Å². The first-order valence-electron chi connectivity index (χ1n) is 8.56. The summed E-state index contributed by atoms with van der Waals surface area (Å²) in [5.74, 6) is 1.10. The summed E-state index contributed by atoms with van der Waals surface area (Å²) in [7, 11) is -2.15. The minimum Gasteiger partial charge on any atom is -0.495 e. The first-order valence-corrected chi connectivity index (χ1v) is 10.00. The van der Waals surface area contributed by atoms with Gasteiger partial charge in [0, 0.05) is 32.1 Å². The Kier molecular flexibility index (Phi) is 5.19. The van der Waals surface area contributed by atoms with Crippen LogP contribution in [0.25, 0.3) is 0 Å². The number of hydrogen-bond acceptors (Lipinski definition) is 7. The van der Waals surface area contributed by atoms with Crippen molar-refractivity contribution in [2.45, 2.75) is 31.6 Å². The molecule has 9 heteroatoms. The lowest BCUT2D eigenvalue weighted by Crippen LogP contribution is -2.48. The van der Waals surface area contributed by atoms with Gasteiger partial charge in [-0.2, -0.15) is 4.31 Å². The lowest BCUT2D eigenvalue weighted by atomic mass is 10.2. The van der Waals surface area contributed by atoms with Crippen molar-refractivity contribution in [1.29, 1.82) is 0 Å². The van der Waals surface area contributed by atoms with E-state index in [1.54, 1.807) is 12.1 Å². The number of hydrogen-bond donors (Lipinski definition) is 0. The SMILES string of the molecule is COc1ccc(C)cc1S(=O)(=O)N1CCN(c2nnc(C(C)C)o2)CC1. The van der Waals surface area contributed by atoms with Gasteiger partial charge in [0.25, 0.3) is 0 Å². The molecule has 1 aliphatic rings. The monoisotopic (exact) mass is 380 g/mol. The van der Waals surface area contributed by atoms with Crippen molar-refractivity contribution >= 4 is 16.0 Å². The van der Waals surface area contributed by atoms with Crippen LogP contribution in [0.15, 0.2) is 27.5 Å². The van der Waals surface area contributed by atoms with Crippen LogP contribution in [-0.4, -0.2) is 56.2 Å². The van der Waals surface area contributed by atoms with Crippen LogP contribution >= 0.6 is 0 Å². The number of anilines is 1. The molecular weight excluding hydrogens is 356 g/mol. The van der Waals surface area contributed by atoms with E-state index in [4.69, 9.17) is 9.15 Å². The number of piperazine rings is 1. The summed E-state index contributed by atoms with van der Waals surface area (Å²) in [4.78, 5) is 2.12. The van der Waals surface area contributed by atoms with Crippen molar-refractivity contribution in [3.63, 3.8) is 0 Å². The summed E-state index contributed by atoms with van der Waals surface area (Å²) in [6.45, 7) is 7.50. The Labute approximate surface area is 153 Å². The standard InChI is InChI=1S/C17H24N4O4S/c1-12(2)16-18-19-17(25-16)20-7-9-21(10-8-20)26(22,23)15-11-13(3)5-6-14(15)24-4/h5-6,11-12H,7-10H2,1-4H3. The molecule has 2 aromatic rings. The van der Waals surface area contributed by atoms with Gasteiger partial charge in [-0.1, -0.05) is 25.0 Å². The molecule has 0 unspecified atom stereocenters. The van der Waals surface area contributed by atoms with Gasteiger partial charge in [0.05, 0.1) is 7.11 Å². The van der Waals surface area contributed by atoms with E-state index >= 15 is 0 Å². The summed E-state index contributed by atoms with van der Waals surface area (Å²) >= 11 is 0. The summed E-state index contributed by atoms with van der Waals surface area (Å²) < 4.78 is 38.4. The molecule has 1 saturated heterocycles. The first kappa shape index (κ1) is 18.7. The van der Waals surface area contributed by atoms with E-state index in [0.717, 1.165) is 5.56 Å². The molecule has 0 amide bonds. The molecule has 2 heterocycles. The Hall–Kier alpha value is -2.13. The molecule has 0 N–H and O–H groups in total. The molecule has 1 aromatic carbocycles. The van der Waals surface area contributed by atoms with Crippen LogP contribution in [0.4, 0.5) is 6.01 Å². The zero-order chi connectivity index (χ0) is 18.9. The number of methoxy groups -OCH3 is 1. The topological polar surface area (TPSA) is 88.8 Å². The molecule has 3 rings (SSSR count). The number of aryl methyl sites for hydroxylation is 1. The minimum atomic E-state index is -3.63. The maximum atomic E-state index is 13.0. The van der Waals surface area contributed by atoms with Crippen LogP contribution in [0.3, 0.4) is 0 Å². The minimum absolute atomic E-state index is 0.159. The second-order valence-electron chi connectivity index (χ2n) is 6.62. The van der Waals surface area contributed by atoms with Gasteiger partial charge in [-0.05, 0) is 24.6 Å². The summed E-state index contributed by atoms with van der Waals surface area (Å²) in [6, 6.07) is 5.61. The van der Waals surface area contributed by atoms with Crippen molar-refractivity contribution in [2.75, 3.05) is 38.2 Å². The zero-order valence-electron chi connectivity index (χ0n) is 15.5. The fourth-order valence-electron chi connectivity index (χ4n) is 2.83. The Bertz CT molecular complexity index is 871. The first-order chi connectivity index (χ1) is 12.3. The average Bonchev–Trinajstić information content (AvgIpc) is 3.12. The van der Waals surface area contributed by atoms with Gasteiger partial charge in [0.1, 0.15) is 10.6 Å². The number of sulfonamides is 1. The largest absolute Gasteiger partial charge is 0.495 e. The van der Waals surface area contributed by atoms with Crippen LogP contribution in [-0.2, 0) is 10.0 Å². The van der Waals surface area contributed by atoms with Crippen LogP contribution < -0.4 is 9.64 Å². The van der Waals surface area contributed by atoms with Crippen molar-refractivity contribution in [3.8, 4) is 5.75 Å². The highest BCUT2D eigenvalue weighted by molar-refractivity contribution is 7.89. The summed E-state index contributed by atoms with van der Waals surface area (Å²) in [6.07, 6.45) is 0. The molecule has 0 spiro atoms. The number of nitrogens with zero attached hydrogens (tertiary/aromatic N) is 4. The van der Waals surface area contributed by atoms with E-state index in [9.17, 15) is 8.42 Å². The lowest BCUT2D eigenvalue weighted by Gasteiger charge is -2.33. The second kappa shape index (κ2) is 7.24. The van der Waals surface area contributed by atoms with Crippen molar-refractivity contribution in [2.24, 2.45) is 0 Å². The number of ether oxygens (including phenoxy) is 1. The van der Waals surface area contributed by atoms with Gasteiger partial charge >= 0.3 is 6.01 Å². The number of aromatic nitrogens is 2. The molecule has 1 aliphatic heterocycles. The average molecular weight is 380 g/mol. The Morgan fingerprint density at radius 3 is 2.42 bits per heavy atom. The normalized spacial score (nSPS) is 16.3. The number of rotatable bonds is 5. The van der Waals surface area contributed by atoms with Gasteiger partial charge in [-0.25, -0.2) is 8.42 Å². The maximum Gasteiger partial charge on any atom is 0.318 e. The highest BCUT2D eigenvalue weighted by Crippen LogP contribution is 2.29. The second-order valence-corrected chi connectivity index (χ2v) is 8.53. The van der Waals surface area contributed by atoms with E-state index in [1.807, 2.05) is 31.7 Å². The quantitative estimate of drug-likeness (QED) is 0.784. The molecule has 1 fully saturated rings. The van der Waals surface area contributed by atoms with E-state index in [1.165, 1.54) is 11.4 Å². The predicted octanol–water partition coefficient (Wildman–Crippen LogP) is 2.02. The molecule has 8 nitrogen and oxygen atoms in total. The predicted molar refractivity (Wildman–Crippen MR) is 97.1 cm³/mol. The van der Waals surface area contributed by atoms with Crippen LogP contribution in [0.2, 0.25) is 0 Å².